The summed E-state index contributed by atoms with van der Waals surface area (Å²) in [6, 6.07) is 5.79. The van der Waals surface area contributed by atoms with Crippen molar-refractivity contribution in [2.24, 2.45) is 0 Å². The first-order valence-corrected chi connectivity index (χ1v) is 9.52. The van der Waals surface area contributed by atoms with Crippen LogP contribution in [0.3, 0.4) is 0 Å². The molecule has 0 aliphatic rings. The lowest BCUT2D eigenvalue weighted by Gasteiger charge is -2.07. The Kier molecular flexibility index (Phi) is 6.53. The Morgan fingerprint density at radius 3 is 2.67 bits per heavy atom. The summed E-state index contributed by atoms with van der Waals surface area (Å²) in [5, 5.41) is 14.1. The van der Waals surface area contributed by atoms with Gasteiger partial charge in [0.1, 0.15) is 23.7 Å². The molecule has 1 amide bonds. The zero-order valence-electron chi connectivity index (χ0n) is 16.5. The van der Waals surface area contributed by atoms with Gasteiger partial charge >= 0.3 is 0 Å². The molecule has 8 nitrogen and oxygen atoms in total. The van der Waals surface area contributed by atoms with Gasteiger partial charge in [0.2, 0.25) is 6.41 Å². The van der Waals surface area contributed by atoms with Gasteiger partial charge in [-0.15, -0.1) is 0 Å². The van der Waals surface area contributed by atoms with Crippen LogP contribution in [-0.4, -0.2) is 36.4 Å². The van der Waals surface area contributed by atoms with Crippen molar-refractivity contribution in [2.45, 2.75) is 20.8 Å². The fraction of sp³-hybridized carbons (Fsp3) is 0.150. The second-order valence-electron chi connectivity index (χ2n) is 5.91. The molecule has 3 heterocycles. The number of rotatable bonds is 5. The second kappa shape index (κ2) is 9.27. The number of pyridine rings is 1. The van der Waals surface area contributed by atoms with Crippen LogP contribution in [0.5, 0.6) is 0 Å². The van der Waals surface area contributed by atoms with Gasteiger partial charge in [-0.3, -0.25) is 9.89 Å². The summed E-state index contributed by atoms with van der Waals surface area (Å²) in [4.78, 5) is 19.1. The number of carbonyl (C=O) groups excluding carboxylic acids is 1. The van der Waals surface area contributed by atoms with E-state index < -0.39 is 5.82 Å². The number of anilines is 1. The monoisotopic (exact) mass is 427 g/mol. The normalized spacial score (nSPS) is 10.3. The number of hydrogen-bond acceptors (Lipinski definition) is 5. The van der Waals surface area contributed by atoms with Crippen molar-refractivity contribution in [3.63, 3.8) is 0 Å². The number of nitrogens with zero attached hydrogens (tertiary/aromatic N) is 5. The molecular formula is C20H19ClFN7O. The number of amides is 1. The number of H-pyrrole nitrogens is 1. The molecule has 3 aromatic heterocycles. The van der Waals surface area contributed by atoms with E-state index in [0.717, 1.165) is 5.56 Å². The van der Waals surface area contributed by atoms with Crippen LogP contribution in [0.2, 0.25) is 5.02 Å². The lowest BCUT2D eigenvalue weighted by molar-refractivity contribution is -0.105. The van der Waals surface area contributed by atoms with Crippen LogP contribution in [0.15, 0.2) is 43.0 Å². The molecular weight excluding hydrogens is 409 g/mol. The number of aromatic amines is 1. The van der Waals surface area contributed by atoms with Gasteiger partial charge in [0.05, 0.1) is 16.3 Å². The molecule has 0 saturated heterocycles. The van der Waals surface area contributed by atoms with Crippen LogP contribution in [0.1, 0.15) is 19.4 Å². The number of aromatic nitrogens is 6. The SMILES string of the molecule is CC.Cc1cnc(NC=O)cc1-n1cc(-c2ncn[nH]2)c(-c2ccc(F)cc2Cl)n1. The molecule has 0 bridgehead atoms. The van der Waals surface area contributed by atoms with E-state index in [4.69, 9.17) is 11.6 Å². The van der Waals surface area contributed by atoms with Crippen molar-refractivity contribution in [1.29, 1.82) is 0 Å². The van der Waals surface area contributed by atoms with Crippen molar-refractivity contribution in [1.82, 2.24) is 29.9 Å². The maximum atomic E-state index is 13.5. The molecule has 154 valence electrons. The zero-order valence-corrected chi connectivity index (χ0v) is 17.3. The van der Waals surface area contributed by atoms with Crippen molar-refractivity contribution >= 4 is 23.8 Å². The minimum Gasteiger partial charge on any atom is -0.313 e. The Hall–Kier alpha value is -3.59. The molecule has 0 unspecified atom stereocenters. The minimum absolute atomic E-state index is 0.223. The number of hydrogen-bond donors (Lipinski definition) is 2. The van der Waals surface area contributed by atoms with Gasteiger partial charge in [0.25, 0.3) is 0 Å². The molecule has 0 spiro atoms. The van der Waals surface area contributed by atoms with Gasteiger partial charge in [0, 0.05) is 24.0 Å². The number of aryl methyl sites for hydroxylation is 1. The highest BCUT2D eigenvalue weighted by atomic mass is 35.5. The van der Waals surface area contributed by atoms with Crippen molar-refractivity contribution in [2.75, 3.05) is 5.32 Å². The van der Waals surface area contributed by atoms with E-state index in [0.29, 0.717) is 40.6 Å². The van der Waals surface area contributed by atoms with E-state index in [1.165, 1.54) is 18.5 Å². The molecule has 10 heteroatoms. The van der Waals surface area contributed by atoms with E-state index >= 15 is 0 Å². The van der Waals surface area contributed by atoms with Gasteiger partial charge in [0.15, 0.2) is 5.82 Å². The predicted octanol–water partition coefficient (Wildman–Crippen LogP) is 4.41. The van der Waals surface area contributed by atoms with E-state index in [1.807, 2.05) is 20.8 Å². The lowest BCUT2D eigenvalue weighted by Crippen LogP contribution is -2.03. The van der Waals surface area contributed by atoms with E-state index in [1.54, 1.807) is 29.2 Å². The third-order valence-electron chi connectivity index (χ3n) is 4.10. The molecule has 2 N–H and O–H groups in total. The van der Waals surface area contributed by atoms with Crippen LogP contribution in [0.4, 0.5) is 10.2 Å². The van der Waals surface area contributed by atoms with Crippen LogP contribution < -0.4 is 5.32 Å². The Labute approximate surface area is 177 Å². The average Bonchev–Trinajstić information content (AvgIpc) is 3.41. The fourth-order valence-electron chi connectivity index (χ4n) is 2.79. The average molecular weight is 428 g/mol. The Morgan fingerprint density at radius 1 is 1.20 bits per heavy atom. The summed E-state index contributed by atoms with van der Waals surface area (Å²) in [5.41, 5.74) is 3.21. The van der Waals surface area contributed by atoms with Crippen molar-refractivity contribution in [3.8, 4) is 28.3 Å². The van der Waals surface area contributed by atoms with Crippen LogP contribution in [0.25, 0.3) is 28.3 Å². The quantitative estimate of drug-likeness (QED) is 0.459. The van der Waals surface area contributed by atoms with Gasteiger partial charge in [-0.1, -0.05) is 25.4 Å². The molecule has 4 aromatic rings. The first-order valence-electron chi connectivity index (χ1n) is 9.15. The number of benzene rings is 1. The highest BCUT2D eigenvalue weighted by Crippen LogP contribution is 2.35. The summed E-state index contributed by atoms with van der Waals surface area (Å²) < 4.78 is 15.1. The predicted molar refractivity (Wildman–Crippen MR) is 113 cm³/mol. The van der Waals surface area contributed by atoms with Crippen LogP contribution in [0, 0.1) is 12.7 Å². The van der Waals surface area contributed by atoms with E-state index in [2.05, 4.69) is 30.6 Å². The van der Waals surface area contributed by atoms with E-state index in [9.17, 15) is 9.18 Å². The Bertz CT molecular complexity index is 1160. The third kappa shape index (κ3) is 4.20. The second-order valence-corrected chi connectivity index (χ2v) is 6.32. The number of carbonyl (C=O) groups is 1. The van der Waals surface area contributed by atoms with Crippen LogP contribution in [-0.2, 0) is 4.79 Å². The van der Waals surface area contributed by atoms with Gasteiger partial charge in [-0.25, -0.2) is 19.0 Å². The van der Waals surface area contributed by atoms with Crippen LogP contribution >= 0.6 is 11.6 Å². The molecule has 0 atom stereocenters. The molecule has 30 heavy (non-hydrogen) atoms. The molecule has 0 saturated carbocycles. The summed E-state index contributed by atoms with van der Waals surface area (Å²) in [6.07, 6.45) is 5.31. The van der Waals surface area contributed by atoms with Crippen molar-refractivity contribution in [3.05, 3.63) is 59.4 Å². The van der Waals surface area contributed by atoms with Gasteiger partial charge in [-0.2, -0.15) is 10.2 Å². The number of halogens is 2. The van der Waals surface area contributed by atoms with Gasteiger partial charge in [-0.05, 0) is 30.7 Å². The molecule has 0 fully saturated rings. The summed E-state index contributed by atoms with van der Waals surface area (Å²) in [7, 11) is 0. The zero-order chi connectivity index (χ0) is 21.7. The standard InChI is InChI=1S/C18H13ClFN7O.C2H6/c1-10-6-21-16(23-9-28)5-15(10)27-7-13(18-22-8-24-25-18)17(26-27)12-3-2-11(20)4-14(12)19;1-2/h2-9H,1H3,(H,21,23,28)(H,22,24,25);1-2H3. The minimum atomic E-state index is -0.441. The molecule has 0 radical (unpaired) electrons. The fourth-order valence-corrected chi connectivity index (χ4v) is 3.04. The maximum Gasteiger partial charge on any atom is 0.212 e. The highest BCUT2D eigenvalue weighted by molar-refractivity contribution is 6.33. The highest BCUT2D eigenvalue weighted by Gasteiger charge is 2.19. The third-order valence-corrected chi connectivity index (χ3v) is 4.41. The first-order chi connectivity index (χ1) is 14.6. The molecule has 4 rings (SSSR count). The summed E-state index contributed by atoms with van der Waals surface area (Å²) >= 11 is 6.26. The summed E-state index contributed by atoms with van der Waals surface area (Å²) in [6.45, 7) is 5.87. The largest absolute Gasteiger partial charge is 0.313 e. The summed E-state index contributed by atoms with van der Waals surface area (Å²) in [5.74, 6) is 0.428. The molecule has 1 aromatic carbocycles. The number of nitrogens with one attached hydrogen (secondary N) is 2. The maximum absolute atomic E-state index is 13.5. The topological polar surface area (TPSA) is 101 Å². The van der Waals surface area contributed by atoms with Crippen molar-refractivity contribution < 1.29 is 9.18 Å². The molecule has 0 aliphatic heterocycles. The smallest absolute Gasteiger partial charge is 0.212 e. The first kappa shape index (κ1) is 21.1. The van der Waals surface area contributed by atoms with Gasteiger partial charge < -0.3 is 5.32 Å². The van der Waals surface area contributed by atoms with E-state index in [-0.39, 0.29) is 5.02 Å². The lowest BCUT2D eigenvalue weighted by atomic mass is 10.1. The Morgan fingerprint density at radius 2 is 2.00 bits per heavy atom. The molecule has 0 aliphatic carbocycles. The Balaban J connectivity index is 0.00000124.